The SMILES string of the molecule is CNC(=O)[C@H](C)N(Cc1c(Cl)cccc1Cl)C(=O)CN(c1ccc(Cl)cc1)S(=O)(=O)c1ccc(C)cc1. The molecule has 0 saturated carbocycles. The Morgan fingerprint density at radius 2 is 1.49 bits per heavy atom. The molecule has 0 bridgehead atoms. The maximum Gasteiger partial charge on any atom is 0.264 e. The molecule has 0 heterocycles. The van der Waals surface area contributed by atoms with Gasteiger partial charge in [0.15, 0.2) is 0 Å². The predicted octanol–water partition coefficient (Wildman–Crippen LogP) is 5.31. The number of nitrogens with zero attached hydrogens (tertiary/aromatic N) is 2. The lowest BCUT2D eigenvalue weighted by molar-refractivity contribution is -0.139. The summed E-state index contributed by atoms with van der Waals surface area (Å²) in [4.78, 5) is 27.6. The molecule has 196 valence electrons. The van der Waals surface area contributed by atoms with Gasteiger partial charge >= 0.3 is 0 Å². The number of benzene rings is 3. The molecule has 37 heavy (non-hydrogen) atoms. The molecule has 7 nitrogen and oxygen atoms in total. The molecule has 0 aromatic heterocycles. The van der Waals surface area contributed by atoms with E-state index >= 15 is 0 Å². The second kappa shape index (κ2) is 12.2. The van der Waals surface area contributed by atoms with Gasteiger partial charge < -0.3 is 10.2 Å². The minimum Gasteiger partial charge on any atom is -0.357 e. The van der Waals surface area contributed by atoms with Crippen molar-refractivity contribution in [1.29, 1.82) is 0 Å². The van der Waals surface area contributed by atoms with Crippen LogP contribution in [0.15, 0.2) is 71.6 Å². The lowest BCUT2D eigenvalue weighted by Crippen LogP contribution is -2.50. The number of carbonyl (C=O) groups is 2. The van der Waals surface area contributed by atoms with Gasteiger partial charge in [0.2, 0.25) is 11.8 Å². The predicted molar refractivity (Wildman–Crippen MR) is 148 cm³/mol. The molecule has 0 spiro atoms. The minimum absolute atomic E-state index is 0.0147. The summed E-state index contributed by atoms with van der Waals surface area (Å²) in [5.74, 6) is -1.06. The van der Waals surface area contributed by atoms with Crippen LogP contribution in [-0.2, 0) is 26.2 Å². The normalized spacial score (nSPS) is 12.1. The van der Waals surface area contributed by atoms with Crippen LogP contribution < -0.4 is 9.62 Å². The molecule has 1 N–H and O–H groups in total. The highest BCUT2D eigenvalue weighted by Gasteiger charge is 2.32. The number of halogens is 3. The first kappa shape index (κ1) is 28.8. The Hall–Kier alpha value is -2.78. The summed E-state index contributed by atoms with van der Waals surface area (Å²) in [7, 11) is -2.71. The van der Waals surface area contributed by atoms with Crippen molar-refractivity contribution in [3.8, 4) is 0 Å². The van der Waals surface area contributed by atoms with Crippen LogP contribution in [0.4, 0.5) is 5.69 Å². The summed E-state index contributed by atoms with van der Waals surface area (Å²) in [6.07, 6.45) is 0. The average Bonchev–Trinajstić information content (AvgIpc) is 2.87. The molecule has 0 aliphatic carbocycles. The number of anilines is 1. The van der Waals surface area contributed by atoms with E-state index in [-0.39, 0.29) is 17.1 Å². The van der Waals surface area contributed by atoms with Crippen molar-refractivity contribution < 1.29 is 18.0 Å². The van der Waals surface area contributed by atoms with Crippen LogP contribution in [0.1, 0.15) is 18.1 Å². The number of hydrogen-bond donors (Lipinski definition) is 1. The molecule has 1 atom stereocenters. The quantitative estimate of drug-likeness (QED) is 0.370. The lowest BCUT2D eigenvalue weighted by Gasteiger charge is -2.32. The van der Waals surface area contributed by atoms with E-state index in [1.54, 1.807) is 37.3 Å². The lowest BCUT2D eigenvalue weighted by atomic mass is 10.1. The van der Waals surface area contributed by atoms with Gasteiger partial charge in [-0.1, -0.05) is 58.6 Å². The largest absolute Gasteiger partial charge is 0.357 e. The summed E-state index contributed by atoms with van der Waals surface area (Å²) in [5.41, 5.74) is 1.56. The Morgan fingerprint density at radius 3 is 2.03 bits per heavy atom. The zero-order chi connectivity index (χ0) is 27.3. The topological polar surface area (TPSA) is 86.8 Å². The Bertz CT molecular complexity index is 1360. The van der Waals surface area contributed by atoms with Crippen LogP contribution in [-0.4, -0.2) is 44.8 Å². The molecule has 0 aliphatic heterocycles. The van der Waals surface area contributed by atoms with Crippen LogP contribution in [0.3, 0.4) is 0 Å². The van der Waals surface area contributed by atoms with Gasteiger partial charge in [0.25, 0.3) is 10.0 Å². The van der Waals surface area contributed by atoms with Crippen molar-refractivity contribution in [2.75, 3.05) is 17.9 Å². The van der Waals surface area contributed by atoms with Crippen LogP contribution >= 0.6 is 34.8 Å². The van der Waals surface area contributed by atoms with Crippen molar-refractivity contribution in [1.82, 2.24) is 10.2 Å². The van der Waals surface area contributed by atoms with Gasteiger partial charge in [-0.2, -0.15) is 0 Å². The number of sulfonamides is 1. The number of rotatable bonds is 9. The molecule has 0 fully saturated rings. The van der Waals surface area contributed by atoms with E-state index in [9.17, 15) is 18.0 Å². The highest BCUT2D eigenvalue weighted by Crippen LogP contribution is 2.29. The van der Waals surface area contributed by atoms with Crippen molar-refractivity contribution in [2.24, 2.45) is 0 Å². The molecule has 0 radical (unpaired) electrons. The summed E-state index contributed by atoms with van der Waals surface area (Å²) < 4.78 is 28.4. The second-order valence-corrected chi connectivity index (χ2v) is 11.4. The number of hydrogen-bond acceptors (Lipinski definition) is 4. The van der Waals surface area contributed by atoms with Crippen molar-refractivity contribution in [3.05, 3.63) is 92.9 Å². The Morgan fingerprint density at radius 1 is 0.919 bits per heavy atom. The van der Waals surface area contributed by atoms with Gasteiger partial charge in [0, 0.05) is 34.2 Å². The number of carbonyl (C=O) groups excluding carboxylic acids is 2. The number of likely N-dealkylation sites (N-methyl/N-ethyl adjacent to an activating group) is 1. The average molecular weight is 583 g/mol. The molecule has 3 aromatic carbocycles. The molecular formula is C26H26Cl3N3O4S. The molecule has 2 amide bonds. The number of aryl methyl sites for hydroxylation is 1. The van der Waals surface area contributed by atoms with Gasteiger partial charge in [0.05, 0.1) is 10.6 Å². The van der Waals surface area contributed by atoms with Crippen LogP contribution in [0, 0.1) is 6.92 Å². The molecule has 3 aromatic rings. The summed E-state index contributed by atoms with van der Waals surface area (Å²) >= 11 is 18.7. The fourth-order valence-electron chi connectivity index (χ4n) is 3.62. The summed E-state index contributed by atoms with van der Waals surface area (Å²) in [5, 5.41) is 3.56. The smallest absolute Gasteiger partial charge is 0.264 e. The number of nitrogens with one attached hydrogen (secondary N) is 1. The third-order valence-electron chi connectivity index (χ3n) is 5.81. The third-order valence-corrected chi connectivity index (χ3v) is 8.55. The Kier molecular flexibility index (Phi) is 9.47. The van der Waals surface area contributed by atoms with Crippen LogP contribution in [0.2, 0.25) is 15.1 Å². The van der Waals surface area contributed by atoms with E-state index in [2.05, 4.69) is 5.32 Å². The Balaban J connectivity index is 2.06. The van der Waals surface area contributed by atoms with Gasteiger partial charge in [-0.25, -0.2) is 8.42 Å². The van der Waals surface area contributed by atoms with Crippen molar-refractivity contribution >= 4 is 62.3 Å². The molecule has 0 unspecified atom stereocenters. The number of amides is 2. The van der Waals surface area contributed by atoms with Crippen molar-refractivity contribution in [3.63, 3.8) is 0 Å². The van der Waals surface area contributed by atoms with Crippen LogP contribution in [0.25, 0.3) is 0 Å². The highest BCUT2D eigenvalue weighted by atomic mass is 35.5. The van der Waals surface area contributed by atoms with Gasteiger partial charge in [0.1, 0.15) is 12.6 Å². The zero-order valence-electron chi connectivity index (χ0n) is 20.4. The molecule has 11 heteroatoms. The van der Waals surface area contributed by atoms with E-state index in [0.29, 0.717) is 20.6 Å². The van der Waals surface area contributed by atoms with Gasteiger partial charge in [-0.05, 0) is 62.4 Å². The standard InChI is InChI=1S/C26H26Cl3N3O4S/c1-17-7-13-21(14-8-17)37(35,36)32(20-11-9-19(27)10-12-20)16-25(33)31(18(2)26(34)30-3)15-22-23(28)5-4-6-24(22)29/h4-14,18H,15-16H2,1-3H3,(H,30,34)/t18-/m0/s1. The Labute approximate surface area is 232 Å². The maximum absolute atomic E-state index is 13.7. The highest BCUT2D eigenvalue weighted by molar-refractivity contribution is 7.92. The monoisotopic (exact) mass is 581 g/mol. The minimum atomic E-state index is -4.16. The second-order valence-electron chi connectivity index (χ2n) is 8.31. The summed E-state index contributed by atoms with van der Waals surface area (Å²) in [6.45, 7) is 2.70. The van der Waals surface area contributed by atoms with E-state index in [4.69, 9.17) is 34.8 Å². The van der Waals surface area contributed by atoms with E-state index in [1.165, 1.54) is 48.3 Å². The van der Waals surface area contributed by atoms with E-state index < -0.39 is 34.4 Å². The molecular weight excluding hydrogens is 557 g/mol. The zero-order valence-corrected chi connectivity index (χ0v) is 23.5. The van der Waals surface area contributed by atoms with Crippen LogP contribution in [0.5, 0.6) is 0 Å². The first-order valence-corrected chi connectivity index (χ1v) is 13.8. The van der Waals surface area contributed by atoms with Gasteiger partial charge in [-0.15, -0.1) is 0 Å². The fourth-order valence-corrected chi connectivity index (χ4v) is 5.68. The maximum atomic E-state index is 13.7. The van der Waals surface area contributed by atoms with Gasteiger partial charge in [-0.3, -0.25) is 13.9 Å². The van der Waals surface area contributed by atoms with E-state index in [1.807, 2.05) is 6.92 Å². The molecule has 0 aliphatic rings. The third kappa shape index (κ3) is 6.76. The molecule has 3 rings (SSSR count). The first-order chi connectivity index (χ1) is 17.4. The van der Waals surface area contributed by atoms with Crippen molar-refractivity contribution in [2.45, 2.75) is 31.3 Å². The first-order valence-electron chi connectivity index (χ1n) is 11.2. The molecule has 0 saturated heterocycles. The summed E-state index contributed by atoms with van der Waals surface area (Å²) in [6, 6.07) is 16.4. The van der Waals surface area contributed by atoms with E-state index in [0.717, 1.165) is 9.87 Å². The fraction of sp³-hybridized carbons (Fsp3) is 0.231.